The number of benzene rings is 1. The first-order valence-electron chi connectivity index (χ1n) is 7.02. The van der Waals surface area contributed by atoms with Crippen molar-refractivity contribution in [2.75, 3.05) is 5.32 Å². The van der Waals surface area contributed by atoms with Crippen molar-refractivity contribution in [3.05, 3.63) is 23.2 Å². The van der Waals surface area contributed by atoms with Crippen LogP contribution in [-0.2, 0) is 9.59 Å². The first kappa shape index (κ1) is 15.6. The van der Waals surface area contributed by atoms with Gasteiger partial charge in [0.1, 0.15) is 11.8 Å². The van der Waals surface area contributed by atoms with Crippen LogP contribution in [0.4, 0.5) is 5.69 Å². The number of piperidine rings is 1. The first-order chi connectivity index (χ1) is 9.95. The van der Waals surface area contributed by atoms with Crippen molar-refractivity contribution in [1.82, 2.24) is 5.32 Å². The molecule has 0 radical (unpaired) electrons. The molecule has 21 heavy (non-hydrogen) atoms. The van der Waals surface area contributed by atoms with Crippen LogP contribution in [0.5, 0.6) is 5.75 Å². The second-order valence-electron chi connectivity index (χ2n) is 5.31. The fourth-order valence-electron chi connectivity index (χ4n) is 2.16. The number of nitrogens with one attached hydrogen (secondary N) is 2. The van der Waals surface area contributed by atoms with E-state index >= 15 is 0 Å². The van der Waals surface area contributed by atoms with Gasteiger partial charge in [-0.05, 0) is 38.8 Å². The van der Waals surface area contributed by atoms with Crippen LogP contribution in [0.3, 0.4) is 0 Å². The van der Waals surface area contributed by atoms with Crippen LogP contribution >= 0.6 is 11.6 Å². The summed E-state index contributed by atoms with van der Waals surface area (Å²) in [5.74, 6) is 0.314. The van der Waals surface area contributed by atoms with E-state index in [0.717, 1.165) is 6.42 Å². The second-order valence-corrected chi connectivity index (χ2v) is 5.72. The fraction of sp³-hybridized carbons (Fsp3) is 0.467. The van der Waals surface area contributed by atoms with Crippen LogP contribution in [0.2, 0.25) is 5.02 Å². The molecule has 1 heterocycles. The molecule has 1 aliphatic rings. The number of amides is 2. The third-order valence-corrected chi connectivity index (χ3v) is 3.43. The molecule has 1 fully saturated rings. The summed E-state index contributed by atoms with van der Waals surface area (Å²) in [6.07, 6.45) is 1.90. The molecule has 2 rings (SSSR count). The lowest BCUT2D eigenvalue weighted by Crippen LogP contribution is -2.46. The molecular formula is C15H19ClN2O3. The van der Waals surface area contributed by atoms with E-state index in [0.29, 0.717) is 29.3 Å². The van der Waals surface area contributed by atoms with Crippen LogP contribution in [-0.4, -0.2) is 24.0 Å². The number of anilines is 1. The largest absolute Gasteiger partial charge is 0.491 e. The van der Waals surface area contributed by atoms with Gasteiger partial charge in [-0.2, -0.15) is 0 Å². The van der Waals surface area contributed by atoms with E-state index < -0.39 is 6.04 Å². The molecule has 5 nitrogen and oxygen atoms in total. The Labute approximate surface area is 129 Å². The van der Waals surface area contributed by atoms with E-state index in [-0.39, 0.29) is 17.9 Å². The number of rotatable bonds is 4. The van der Waals surface area contributed by atoms with Crippen molar-refractivity contribution in [1.29, 1.82) is 0 Å². The van der Waals surface area contributed by atoms with Gasteiger partial charge < -0.3 is 15.4 Å². The molecule has 0 spiro atoms. The summed E-state index contributed by atoms with van der Waals surface area (Å²) >= 11 is 6.14. The van der Waals surface area contributed by atoms with Crippen LogP contribution in [0.15, 0.2) is 18.2 Å². The highest BCUT2D eigenvalue weighted by Crippen LogP contribution is 2.27. The summed E-state index contributed by atoms with van der Waals surface area (Å²) in [5.41, 5.74) is 0.512. The van der Waals surface area contributed by atoms with Crippen molar-refractivity contribution >= 4 is 29.1 Å². The summed E-state index contributed by atoms with van der Waals surface area (Å²) in [6.45, 7) is 3.85. The first-order valence-corrected chi connectivity index (χ1v) is 7.40. The number of hydrogen-bond acceptors (Lipinski definition) is 3. The normalized spacial score (nSPS) is 18.3. The molecule has 1 atom stereocenters. The van der Waals surface area contributed by atoms with Crippen molar-refractivity contribution < 1.29 is 14.3 Å². The maximum absolute atomic E-state index is 12.1. The van der Waals surface area contributed by atoms with E-state index in [1.807, 2.05) is 13.8 Å². The Morgan fingerprint density at radius 2 is 2.24 bits per heavy atom. The topological polar surface area (TPSA) is 67.4 Å². The van der Waals surface area contributed by atoms with E-state index in [9.17, 15) is 9.59 Å². The van der Waals surface area contributed by atoms with Gasteiger partial charge in [0.25, 0.3) is 0 Å². The molecule has 0 aliphatic carbocycles. The quantitative estimate of drug-likeness (QED) is 0.898. The zero-order valence-corrected chi connectivity index (χ0v) is 12.9. The number of hydrogen-bond donors (Lipinski definition) is 2. The number of carbonyl (C=O) groups excluding carboxylic acids is 2. The Kier molecular flexibility index (Phi) is 5.07. The summed E-state index contributed by atoms with van der Waals surface area (Å²) in [5, 5.41) is 5.82. The molecule has 2 amide bonds. The summed E-state index contributed by atoms with van der Waals surface area (Å²) < 4.78 is 5.53. The Bertz CT molecular complexity index is 546. The van der Waals surface area contributed by atoms with Crippen molar-refractivity contribution in [2.45, 2.75) is 45.3 Å². The highest BCUT2D eigenvalue weighted by Gasteiger charge is 2.25. The van der Waals surface area contributed by atoms with Gasteiger partial charge in [0.15, 0.2) is 0 Å². The molecule has 0 unspecified atom stereocenters. The van der Waals surface area contributed by atoms with Gasteiger partial charge in [0.2, 0.25) is 11.8 Å². The maximum Gasteiger partial charge on any atom is 0.246 e. The van der Waals surface area contributed by atoms with Crippen LogP contribution in [0.1, 0.15) is 33.1 Å². The third-order valence-electron chi connectivity index (χ3n) is 3.12. The van der Waals surface area contributed by atoms with Gasteiger partial charge in [-0.3, -0.25) is 9.59 Å². The molecule has 0 bridgehead atoms. The minimum atomic E-state index is -0.492. The molecule has 1 aliphatic heterocycles. The van der Waals surface area contributed by atoms with Gasteiger partial charge >= 0.3 is 0 Å². The third kappa shape index (κ3) is 4.36. The molecule has 0 saturated carbocycles. The molecule has 0 aromatic heterocycles. The van der Waals surface area contributed by atoms with Crippen LogP contribution in [0.25, 0.3) is 0 Å². The molecular weight excluding hydrogens is 292 g/mol. The molecule has 6 heteroatoms. The highest BCUT2D eigenvalue weighted by atomic mass is 35.5. The van der Waals surface area contributed by atoms with Crippen molar-refractivity contribution in [3.63, 3.8) is 0 Å². The smallest absolute Gasteiger partial charge is 0.246 e. The van der Waals surface area contributed by atoms with E-state index in [1.165, 1.54) is 0 Å². The number of ether oxygens (including phenoxy) is 1. The Balaban J connectivity index is 2.02. The molecule has 114 valence electrons. The molecule has 1 aromatic carbocycles. The Hall–Kier alpha value is -1.75. The molecule has 1 saturated heterocycles. The molecule has 2 N–H and O–H groups in total. The number of halogens is 1. The summed E-state index contributed by atoms with van der Waals surface area (Å²) in [7, 11) is 0. The summed E-state index contributed by atoms with van der Waals surface area (Å²) in [6, 6.07) is 4.62. The average Bonchev–Trinajstić information content (AvgIpc) is 2.41. The molecule has 1 aromatic rings. The Morgan fingerprint density at radius 1 is 1.48 bits per heavy atom. The lowest BCUT2D eigenvalue weighted by Gasteiger charge is -2.22. The number of carbonyl (C=O) groups is 2. The van der Waals surface area contributed by atoms with Crippen LogP contribution in [0, 0.1) is 0 Å². The fourth-order valence-corrected chi connectivity index (χ4v) is 2.38. The van der Waals surface area contributed by atoms with Crippen molar-refractivity contribution in [2.24, 2.45) is 0 Å². The zero-order valence-electron chi connectivity index (χ0n) is 12.1. The predicted molar refractivity (Wildman–Crippen MR) is 81.6 cm³/mol. The van der Waals surface area contributed by atoms with Gasteiger partial charge in [-0.15, -0.1) is 0 Å². The maximum atomic E-state index is 12.1. The Morgan fingerprint density at radius 3 is 2.86 bits per heavy atom. The lowest BCUT2D eigenvalue weighted by molar-refractivity contribution is -0.128. The predicted octanol–water partition coefficient (Wildman–Crippen LogP) is 2.73. The average molecular weight is 311 g/mol. The summed E-state index contributed by atoms with van der Waals surface area (Å²) in [4.78, 5) is 23.4. The van der Waals surface area contributed by atoms with E-state index in [4.69, 9.17) is 16.3 Å². The van der Waals surface area contributed by atoms with E-state index in [2.05, 4.69) is 10.6 Å². The monoisotopic (exact) mass is 310 g/mol. The van der Waals surface area contributed by atoms with Crippen LogP contribution < -0.4 is 15.4 Å². The standard InChI is InChI=1S/C15H19ClN2O3/c1-9(2)21-10-6-7-12(11(16)8-10)18-15(20)13-4-3-5-14(19)17-13/h6-9,13H,3-5H2,1-2H3,(H,17,19)(H,18,20)/t13-/m1/s1. The van der Waals surface area contributed by atoms with Crippen molar-refractivity contribution in [3.8, 4) is 5.75 Å². The minimum absolute atomic E-state index is 0.0546. The van der Waals surface area contributed by atoms with Gasteiger partial charge in [-0.25, -0.2) is 0 Å². The zero-order chi connectivity index (χ0) is 15.4. The highest BCUT2D eigenvalue weighted by molar-refractivity contribution is 6.33. The minimum Gasteiger partial charge on any atom is -0.491 e. The second kappa shape index (κ2) is 6.80. The van der Waals surface area contributed by atoms with E-state index in [1.54, 1.807) is 18.2 Å². The van der Waals surface area contributed by atoms with Gasteiger partial charge in [-0.1, -0.05) is 11.6 Å². The lowest BCUT2D eigenvalue weighted by atomic mass is 10.0. The van der Waals surface area contributed by atoms with Gasteiger partial charge in [0, 0.05) is 12.5 Å². The van der Waals surface area contributed by atoms with Gasteiger partial charge in [0.05, 0.1) is 16.8 Å². The SMILES string of the molecule is CC(C)Oc1ccc(NC(=O)[C@H]2CCCC(=O)N2)c(Cl)c1.